The fourth-order valence-electron chi connectivity index (χ4n) is 1.57. The van der Waals surface area contributed by atoms with Gasteiger partial charge in [-0.15, -0.1) is 0 Å². The Morgan fingerprint density at radius 2 is 2.05 bits per heavy atom. The van der Waals surface area contributed by atoms with E-state index in [0.717, 1.165) is 0 Å². The van der Waals surface area contributed by atoms with Gasteiger partial charge in [-0.2, -0.15) is 4.98 Å². The summed E-state index contributed by atoms with van der Waals surface area (Å²) < 4.78 is 10.9. The summed E-state index contributed by atoms with van der Waals surface area (Å²) in [6.07, 6.45) is 1.39. The van der Waals surface area contributed by atoms with Gasteiger partial charge < -0.3 is 14.8 Å². The van der Waals surface area contributed by atoms with Crippen LogP contribution in [0.25, 0.3) is 0 Å². The lowest BCUT2D eigenvalue weighted by atomic mass is 10.3. The number of rotatable bonds is 5. The van der Waals surface area contributed by atoms with Gasteiger partial charge in [-0.05, 0) is 25.1 Å². The van der Waals surface area contributed by atoms with Gasteiger partial charge in [0.1, 0.15) is 12.1 Å². The second-order valence-corrected chi connectivity index (χ2v) is 4.61. The van der Waals surface area contributed by atoms with E-state index in [0.29, 0.717) is 33.9 Å². The Morgan fingerprint density at radius 3 is 2.70 bits per heavy atom. The van der Waals surface area contributed by atoms with Crippen LogP contribution < -0.4 is 14.8 Å². The van der Waals surface area contributed by atoms with E-state index < -0.39 is 0 Å². The second kappa shape index (κ2) is 6.63. The third kappa shape index (κ3) is 3.23. The van der Waals surface area contributed by atoms with Gasteiger partial charge in [-0.3, -0.25) is 0 Å². The summed E-state index contributed by atoms with van der Waals surface area (Å²) >= 11 is 11.9. The molecule has 0 aliphatic rings. The Kier molecular flexibility index (Phi) is 4.87. The molecule has 0 unspecified atom stereocenters. The molecule has 0 saturated carbocycles. The van der Waals surface area contributed by atoms with Crippen molar-refractivity contribution in [2.45, 2.75) is 6.92 Å². The standard InChI is InChI=1S/C13H13Cl2N3O2/c1-3-16-12-11(19-2)13(18-7-17-12)20-10-5-4-8(14)6-9(10)15/h4-7H,3H2,1-2H3,(H,16,17,18). The second-order valence-electron chi connectivity index (χ2n) is 3.77. The molecule has 1 N–H and O–H groups in total. The number of hydrogen-bond donors (Lipinski definition) is 1. The van der Waals surface area contributed by atoms with Gasteiger partial charge in [-0.25, -0.2) is 4.98 Å². The molecule has 2 rings (SSSR count). The summed E-state index contributed by atoms with van der Waals surface area (Å²) in [7, 11) is 1.52. The van der Waals surface area contributed by atoms with Crippen molar-refractivity contribution in [3.63, 3.8) is 0 Å². The zero-order valence-electron chi connectivity index (χ0n) is 11.0. The van der Waals surface area contributed by atoms with Crippen LogP contribution in [0.5, 0.6) is 17.4 Å². The lowest BCUT2D eigenvalue weighted by Crippen LogP contribution is -2.04. The summed E-state index contributed by atoms with van der Waals surface area (Å²) in [6, 6.07) is 4.94. The third-order valence-electron chi connectivity index (χ3n) is 2.42. The summed E-state index contributed by atoms with van der Waals surface area (Å²) in [6.45, 7) is 2.66. The van der Waals surface area contributed by atoms with Crippen molar-refractivity contribution >= 4 is 29.0 Å². The van der Waals surface area contributed by atoms with E-state index in [-0.39, 0.29) is 5.88 Å². The van der Waals surface area contributed by atoms with Crippen molar-refractivity contribution in [2.75, 3.05) is 19.0 Å². The number of anilines is 1. The molecule has 0 amide bonds. The molecule has 0 aliphatic carbocycles. The van der Waals surface area contributed by atoms with Crippen LogP contribution in [-0.2, 0) is 0 Å². The Bertz CT molecular complexity index is 608. The largest absolute Gasteiger partial charge is 0.489 e. The maximum absolute atomic E-state index is 6.07. The molecule has 106 valence electrons. The molecule has 2 aromatic rings. The first-order valence-corrected chi connectivity index (χ1v) is 6.67. The SMILES string of the molecule is CCNc1ncnc(Oc2ccc(Cl)cc2Cl)c1OC. The average Bonchev–Trinajstić information content (AvgIpc) is 2.42. The van der Waals surface area contributed by atoms with Crippen LogP contribution in [-0.4, -0.2) is 23.6 Å². The highest BCUT2D eigenvalue weighted by molar-refractivity contribution is 6.35. The van der Waals surface area contributed by atoms with Gasteiger partial charge in [0.2, 0.25) is 5.75 Å². The lowest BCUT2D eigenvalue weighted by molar-refractivity contribution is 0.369. The smallest absolute Gasteiger partial charge is 0.268 e. The predicted molar refractivity (Wildman–Crippen MR) is 79.3 cm³/mol. The number of hydrogen-bond acceptors (Lipinski definition) is 5. The number of ether oxygens (including phenoxy) is 2. The summed E-state index contributed by atoms with van der Waals surface area (Å²) in [5.74, 6) is 1.70. The van der Waals surface area contributed by atoms with E-state index in [2.05, 4.69) is 15.3 Å². The van der Waals surface area contributed by atoms with Crippen molar-refractivity contribution in [1.29, 1.82) is 0 Å². The molecule has 0 fully saturated rings. The zero-order chi connectivity index (χ0) is 14.5. The summed E-state index contributed by atoms with van der Waals surface area (Å²) in [5.41, 5.74) is 0. The molecule has 7 heteroatoms. The van der Waals surface area contributed by atoms with Crippen molar-refractivity contribution in [2.24, 2.45) is 0 Å². The first-order chi connectivity index (χ1) is 9.65. The average molecular weight is 314 g/mol. The Hall–Kier alpha value is -1.72. The molecule has 0 atom stereocenters. The highest BCUT2D eigenvalue weighted by Crippen LogP contribution is 2.37. The van der Waals surface area contributed by atoms with Gasteiger partial charge in [0, 0.05) is 11.6 Å². The first-order valence-electron chi connectivity index (χ1n) is 5.91. The molecule has 20 heavy (non-hydrogen) atoms. The number of nitrogens with one attached hydrogen (secondary N) is 1. The molecule has 0 radical (unpaired) electrons. The van der Waals surface area contributed by atoms with Crippen molar-refractivity contribution in [3.8, 4) is 17.4 Å². The highest BCUT2D eigenvalue weighted by Gasteiger charge is 2.15. The van der Waals surface area contributed by atoms with E-state index in [4.69, 9.17) is 32.7 Å². The van der Waals surface area contributed by atoms with E-state index in [9.17, 15) is 0 Å². The topological polar surface area (TPSA) is 56.3 Å². The Balaban J connectivity index is 2.35. The summed E-state index contributed by atoms with van der Waals surface area (Å²) in [4.78, 5) is 8.16. The fraction of sp³-hybridized carbons (Fsp3) is 0.231. The molecule has 1 heterocycles. The van der Waals surface area contributed by atoms with Gasteiger partial charge in [0.15, 0.2) is 5.82 Å². The van der Waals surface area contributed by atoms with Crippen LogP contribution in [0.1, 0.15) is 6.92 Å². The number of methoxy groups -OCH3 is 1. The Morgan fingerprint density at radius 1 is 1.25 bits per heavy atom. The minimum absolute atomic E-state index is 0.280. The third-order valence-corrected chi connectivity index (χ3v) is 2.95. The summed E-state index contributed by atoms with van der Waals surface area (Å²) in [5, 5.41) is 3.99. The van der Waals surface area contributed by atoms with Crippen molar-refractivity contribution in [1.82, 2.24) is 9.97 Å². The van der Waals surface area contributed by atoms with E-state index in [1.807, 2.05) is 6.92 Å². The van der Waals surface area contributed by atoms with Gasteiger partial charge in [0.05, 0.1) is 12.1 Å². The predicted octanol–water partition coefficient (Wildman–Crippen LogP) is 4.02. The van der Waals surface area contributed by atoms with Crippen LogP contribution in [0.3, 0.4) is 0 Å². The molecule has 0 saturated heterocycles. The number of benzene rings is 1. The molecule has 1 aromatic heterocycles. The molecule has 0 bridgehead atoms. The van der Waals surface area contributed by atoms with Crippen LogP contribution in [0.4, 0.5) is 5.82 Å². The van der Waals surface area contributed by atoms with E-state index >= 15 is 0 Å². The minimum Gasteiger partial charge on any atom is -0.489 e. The van der Waals surface area contributed by atoms with E-state index in [1.165, 1.54) is 13.4 Å². The molecule has 1 aromatic carbocycles. The quantitative estimate of drug-likeness (QED) is 0.903. The molecule has 0 aliphatic heterocycles. The van der Waals surface area contributed by atoms with Gasteiger partial charge in [0.25, 0.3) is 5.88 Å². The number of halogens is 2. The van der Waals surface area contributed by atoms with Crippen LogP contribution in [0, 0.1) is 0 Å². The van der Waals surface area contributed by atoms with Crippen molar-refractivity contribution < 1.29 is 9.47 Å². The maximum atomic E-state index is 6.07. The van der Waals surface area contributed by atoms with Crippen molar-refractivity contribution in [3.05, 3.63) is 34.6 Å². The zero-order valence-corrected chi connectivity index (χ0v) is 12.5. The fourth-order valence-corrected chi connectivity index (χ4v) is 2.02. The van der Waals surface area contributed by atoms with Crippen LogP contribution in [0.15, 0.2) is 24.5 Å². The van der Waals surface area contributed by atoms with Gasteiger partial charge >= 0.3 is 0 Å². The van der Waals surface area contributed by atoms with Crippen LogP contribution in [0.2, 0.25) is 10.0 Å². The molecular weight excluding hydrogens is 301 g/mol. The lowest BCUT2D eigenvalue weighted by Gasteiger charge is -2.13. The maximum Gasteiger partial charge on any atom is 0.268 e. The van der Waals surface area contributed by atoms with Gasteiger partial charge in [-0.1, -0.05) is 23.2 Å². The molecule has 5 nitrogen and oxygen atoms in total. The monoisotopic (exact) mass is 313 g/mol. The Labute approximate surface area is 126 Å². The van der Waals surface area contributed by atoms with Crippen LogP contribution >= 0.6 is 23.2 Å². The molecule has 0 spiro atoms. The number of aromatic nitrogens is 2. The first kappa shape index (κ1) is 14.7. The minimum atomic E-state index is 0.280. The molecular formula is C13H13Cl2N3O2. The van der Waals surface area contributed by atoms with E-state index in [1.54, 1.807) is 18.2 Å². The number of nitrogens with zero attached hydrogens (tertiary/aromatic N) is 2. The normalized spacial score (nSPS) is 10.2. The highest BCUT2D eigenvalue weighted by atomic mass is 35.5.